The lowest BCUT2D eigenvalue weighted by Gasteiger charge is -2.14. The summed E-state index contributed by atoms with van der Waals surface area (Å²) < 4.78 is 41.0. The van der Waals surface area contributed by atoms with Crippen molar-refractivity contribution in [1.82, 2.24) is 4.98 Å². The Balaban J connectivity index is 0.00000288. The Bertz CT molecular complexity index is 718. The SMILES string of the molecule is Cc1nc(CN=C(N)Nc2ccccc2OC(F)(F)F)c(C)s1.I. The summed E-state index contributed by atoms with van der Waals surface area (Å²) in [5.41, 5.74) is 6.59. The second-order valence-electron chi connectivity index (χ2n) is 4.61. The van der Waals surface area contributed by atoms with Crippen LogP contribution in [0.25, 0.3) is 0 Å². The van der Waals surface area contributed by atoms with Crippen molar-refractivity contribution >= 4 is 47.0 Å². The van der Waals surface area contributed by atoms with Crippen LogP contribution in [0.3, 0.4) is 0 Å². The first-order valence-electron chi connectivity index (χ1n) is 6.59. The monoisotopic (exact) mass is 472 g/mol. The standard InChI is InChI=1S/C14H15F3N4OS.HI/c1-8-11(20-9(2)23-8)7-19-13(18)21-10-5-3-4-6-12(10)22-14(15,16)17;/h3-6H,7H2,1-2H3,(H3,18,19,21);1H. The highest BCUT2D eigenvalue weighted by Gasteiger charge is 2.32. The number of benzene rings is 1. The Kier molecular flexibility index (Phi) is 7.27. The van der Waals surface area contributed by atoms with Crippen molar-refractivity contribution in [2.75, 3.05) is 5.32 Å². The van der Waals surface area contributed by atoms with Crippen molar-refractivity contribution < 1.29 is 17.9 Å². The first kappa shape index (κ1) is 20.5. The van der Waals surface area contributed by atoms with Crippen LogP contribution in [0, 0.1) is 13.8 Å². The van der Waals surface area contributed by atoms with E-state index in [4.69, 9.17) is 5.73 Å². The first-order valence-corrected chi connectivity index (χ1v) is 7.41. The molecule has 3 N–H and O–H groups in total. The quantitative estimate of drug-likeness (QED) is 0.398. The molecule has 2 aromatic rings. The summed E-state index contributed by atoms with van der Waals surface area (Å²) in [6, 6.07) is 5.60. The minimum absolute atomic E-state index is 0. The van der Waals surface area contributed by atoms with Gasteiger partial charge in [0.15, 0.2) is 11.7 Å². The third-order valence-corrected chi connectivity index (χ3v) is 3.70. The number of nitrogens with one attached hydrogen (secondary N) is 1. The summed E-state index contributed by atoms with van der Waals surface area (Å²) in [7, 11) is 0. The van der Waals surface area contributed by atoms with Crippen LogP contribution in [-0.2, 0) is 6.54 Å². The van der Waals surface area contributed by atoms with E-state index in [2.05, 4.69) is 20.0 Å². The van der Waals surface area contributed by atoms with E-state index in [1.54, 1.807) is 17.4 Å². The van der Waals surface area contributed by atoms with Gasteiger partial charge in [-0.1, -0.05) is 12.1 Å². The fraction of sp³-hybridized carbons (Fsp3) is 0.286. The van der Waals surface area contributed by atoms with Gasteiger partial charge in [-0.05, 0) is 26.0 Å². The number of aryl methyl sites for hydroxylation is 2. The predicted octanol–water partition coefficient (Wildman–Crippen LogP) is 4.20. The van der Waals surface area contributed by atoms with Crippen molar-refractivity contribution in [2.24, 2.45) is 10.7 Å². The van der Waals surface area contributed by atoms with Crippen LogP contribution in [0.15, 0.2) is 29.3 Å². The molecule has 0 aliphatic heterocycles. The second-order valence-corrected chi connectivity index (χ2v) is 6.01. The number of aliphatic imine (C=N–C) groups is 1. The van der Waals surface area contributed by atoms with Gasteiger partial charge in [-0.2, -0.15) is 0 Å². The molecule has 0 saturated heterocycles. The zero-order valence-electron chi connectivity index (χ0n) is 12.8. The van der Waals surface area contributed by atoms with Crippen molar-refractivity contribution in [3.05, 3.63) is 39.8 Å². The molecule has 0 spiro atoms. The molecule has 2 rings (SSSR count). The highest BCUT2D eigenvalue weighted by atomic mass is 127. The number of nitrogens with two attached hydrogens (primary N) is 1. The van der Waals surface area contributed by atoms with Crippen molar-refractivity contribution in [1.29, 1.82) is 0 Å². The number of guanidine groups is 1. The number of thiazole rings is 1. The van der Waals surface area contributed by atoms with Crippen LogP contribution >= 0.6 is 35.3 Å². The van der Waals surface area contributed by atoms with Crippen LogP contribution in [0.2, 0.25) is 0 Å². The van der Waals surface area contributed by atoms with Crippen molar-refractivity contribution in [3.8, 4) is 5.75 Å². The summed E-state index contributed by atoms with van der Waals surface area (Å²) in [5.74, 6) is -0.396. The lowest BCUT2D eigenvalue weighted by molar-refractivity contribution is -0.274. The second kappa shape index (κ2) is 8.51. The van der Waals surface area contributed by atoms with Crippen LogP contribution in [0.5, 0.6) is 5.75 Å². The number of para-hydroxylation sites is 2. The van der Waals surface area contributed by atoms with Crippen LogP contribution in [0.4, 0.5) is 18.9 Å². The highest BCUT2D eigenvalue weighted by molar-refractivity contribution is 14.0. The molecule has 24 heavy (non-hydrogen) atoms. The normalized spacial score (nSPS) is 11.8. The number of ether oxygens (including phenoxy) is 1. The molecule has 0 radical (unpaired) electrons. The Morgan fingerprint density at radius 1 is 1.33 bits per heavy atom. The molecule has 5 nitrogen and oxygen atoms in total. The molecule has 1 aromatic carbocycles. The van der Waals surface area contributed by atoms with E-state index in [0.29, 0.717) is 0 Å². The van der Waals surface area contributed by atoms with Crippen LogP contribution < -0.4 is 15.8 Å². The third kappa shape index (κ3) is 6.15. The summed E-state index contributed by atoms with van der Waals surface area (Å²) in [4.78, 5) is 9.43. The molecule has 1 heterocycles. The maximum Gasteiger partial charge on any atom is 0.573 e. The fourth-order valence-electron chi connectivity index (χ4n) is 1.84. The maximum atomic E-state index is 12.4. The van der Waals surface area contributed by atoms with E-state index in [1.165, 1.54) is 18.2 Å². The van der Waals surface area contributed by atoms with E-state index in [9.17, 15) is 13.2 Å². The number of nitrogens with zero attached hydrogens (tertiary/aromatic N) is 2. The van der Waals surface area contributed by atoms with E-state index < -0.39 is 6.36 Å². The molecular formula is C14H16F3IN4OS. The topological polar surface area (TPSA) is 72.5 Å². The highest BCUT2D eigenvalue weighted by Crippen LogP contribution is 2.29. The van der Waals surface area contributed by atoms with Gasteiger partial charge in [-0.25, -0.2) is 9.98 Å². The van der Waals surface area contributed by atoms with Gasteiger partial charge in [-0.3, -0.25) is 0 Å². The van der Waals surface area contributed by atoms with Crippen LogP contribution in [0.1, 0.15) is 15.6 Å². The van der Waals surface area contributed by atoms with E-state index in [-0.39, 0.29) is 47.9 Å². The van der Waals surface area contributed by atoms with E-state index in [1.807, 2.05) is 13.8 Å². The number of halogens is 4. The third-order valence-electron chi connectivity index (χ3n) is 2.77. The fourth-order valence-corrected chi connectivity index (χ4v) is 2.67. The maximum absolute atomic E-state index is 12.4. The van der Waals surface area contributed by atoms with Gasteiger partial charge in [0, 0.05) is 4.88 Å². The Hall–Kier alpha value is -1.56. The molecule has 0 fully saturated rings. The lowest BCUT2D eigenvalue weighted by Crippen LogP contribution is -2.24. The van der Waals surface area contributed by atoms with Gasteiger partial charge in [0.05, 0.1) is 22.9 Å². The number of aromatic nitrogens is 1. The molecule has 0 saturated carbocycles. The smallest absolute Gasteiger partial charge is 0.404 e. The molecule has 10 heteroatoms. The zero-order chi connectivity index (χ0) is 17.0. The molecule has 0 atom stereocenters. The Morgan fingerprint density at radius 2 is 2.00 bits per heavy atom. The molecule has 0 aliphatic carbocycles. The average Bonchev–Trinajstić information content (AvgIpc) is 2.75. The van der Waals surface area contributed by atoms with Gasteiger partial charge in [0.1, 0.15) is 0 Å². The Labute approximate surface area is 158 Å². The van der Waals surface area contributed by atoms with Crippen molar-refractivity contribution in [3.63, 3.8) is 0 Å². The van der Waals surface area contributed by atoms with E-state index in [0.717, 1.165) is 15.6 Å². The number of hydrogen-bond donors (Lipinski definition) is 2. The van der Waals surface area contributed by atoms with Gasteiger partial charge in [0.2, 0.25) is 0 Å². The number of rotatable bonds is 4. The minimum atomic E-state index is -4.78. The van der Waals surface area contributed by atoms with Gasteiger partial charge in [0.25, 0.3) is 0 Å². The number of anilines is 1. The molecule has 0 aliphatic rings. The predicted molar refractivity (Wildman–Crippen MR) is 99.1 cm³/mol. The number of alkyl halides is 3. The van der Waals surface area contributed by atoms with E-state index >= 15 is 0 Å². The van der Waals surface area contributed by atoms with Crippen LogP contribution in [-0.4, -0.2) is 17.3 Å². The molecule has 1 aromatic heterocycles. The molecular weight excluding hydrogens is 456 g/mol. The average molecular weight is 472 g/mol. The van der Waals surface area contributed by atoms with Crippen molar-refractivity contribution in [2.45, 2.75) is 26.8 Å². The zero-order valence-corrected chi connectivity index (χ0v) is 16.0. The van der Waals surface area contributed by atoms with Gasteiger partial charge >= 0.3 is 6.36 Å². The number of hydrogen-bond acceptors (Lipinski definition) is 4. The first-order chi connectivity index (χ1) is 10.7. The minimum Gasteiger partial charge on any atom is -0.404 e. The summed E-state index contributed by atoms with van der Waals surface area (Å²) in [5, 5.41) is 3.53. The lowest BCUT2D eigenvalue weighted by atomic mass is 10.3. The largest absolute Gasteiger partial charge is 0.573 e. The summed E-state index contributed by atoms with van der Waals surface area (Å²) in [6.45, 7) is 4.06. The molecule has 132 valence electrons. The molecule has 0 unspecified atom stereocenters. The Morgan fingerprint density at radius 3 is 2.58 bits per heavy atom. The molecule has 0 amide bonds. The summed E-state index contributed by atoms with van der Waals surface area (Å²) >= 11 is 1.55. The molecule has 0 bridgehead atoms. The van der Waals surface area contributed by atoms with Gasteiger partial charge in [-0.15, -0.1) is 48.5 Å². The van der Waals surface area contributed by atoms with Gasteiger partial charge < -0.3 is 15.8 Å². The summed E-state index contributed by atoms with van der Waals surface area (Å²) in [6.07, 6.45) is -4.78.